The molecule has 1 spiro atoms. The van der Waals surface area contributed by atoms with E-state index in [1.165, 1.54) is 6.07 Å². The number of aromatic nitrogens is 1. The van der Waals surface area contributed by atoms with Gasteiger partial charge < -0.3 is 9.88 Å². The maximum atomic E-state index is 14.4. The van der Waals surface area contributed by atoms with Crippen LogP contribution in [0.15, 0.2) is 24.3 Å². The van der Waals surface area contributed by atoms with Gasteiger partial charge in [0.25, 0.3) is 0 Å². The highest BCUT2D eigenvalue weighted by atomic mass is 19.1. The van der Waals surface area contributed by atoms with Crippen molar-refractivity contribution in [2.24, 2.45) is 7.05 Å². The predicted molar refractivity (Wildman–Crippen MR) is 79.7 cm³/mol. The number of carbonyl (C=O) groups is 1. The van der Waals surface area contributed by atoms with Crippen LogP contribution in [0.4, 0.5) is 10.1 Å². The van der Waals surface area contributed by atoms with E-state index in [2.05, 4.69) is 11.4 Å². The first-order valence-corrected chi connectivity index (χ1v) is 7.28. The second-order valence-electron chi connectivity index (χ2n) is 6.05. The Morgan fingerprint density at radius 1 is 1.36 bits per heavy atom. The summed E-state index contributed by atoms with van der Waals surface area (Å²) in [5.41, 5.74) is 2.52. The van der Waals surface area contributed by atoms with E-state index in [0.29, 0.717) is 16.9 Å². The normalized spacial score (nSPS) is 17.8. The van der Waals surface area contributed by atoms with E-state index in [0.717, 1.165) is 30.5 Å². The van der Waals surface area contributed by atoms with E-state index >= 15 is 0 Å². The molecule has 1 aromatic heterocycles. The third-order valence-corrected chi connectivity index (χ3v) is 5.02. The third-order valence-electron chi connectivity index (χ3n) is 5.02. The Balaban J connectivity index is 1.91. The highest BCUT2D eigenvalue weighted by Crippen LogP contribution is 2.52. The van der Waals surface area contributed by atoms with Crippen LogP contribution in [0.5, 0.6) is 0 Å². The summed E-state index contributed by atoms with van der Waals surface area (Å²) in [6.07, 6.45) is 2.53. The first-order chi connectivity index (χ1) is 10.6. The van der Waals surface area contributed by atoms with Crippen LogP contribution in [0.2, 0.25) is 0 Å². The number of nitriles is 1. The average Bonchev–Trinajstić information content (AvgIpc) is 2.95. The topological polar surface area (TPSA) is 57.8 Å². The molecule has 1 aliphatic carbocycles. The van der Waals surface area contributed by atoms with Gasteiger partial charge in [-0.15, -0.1) is 0 Å². The molecule has 2 aromatic rings. The number of amides is 1. The van der Waals surface area contributed by atoms with Crippen LogP contribution < -0.4 is 5.32 Å². The van der Waals surface area contributed by atoms with E-state index in [1.807, 2.05) is 6.07 Å². The number of nitrogens with one attached hydrogen (secondary N) is 1. The minimum Gasteiger partial charge on any atom is -0.335 e. The van der Waals surface area contributed by atoms with Crippen molar-refractivity contribution >= 4 is 11.6 Å². The Morgan fingerprint density at radius 2 is 2.14 bits per heavy atom. The number of nitrogens with zero attached hydrogens (tertiary/aromatic N) is 2. The molecule has 5 heteroatoms. The van der Waals surface area contributed by atoms with Crippen LogP contribution in [0, 0.1) is 17.1 Å². The van der Waals surface area contributed by atoms with Gasteiger partial charge in [-0.1, -0.05) is 6.42 Å². The van der Waals surface area contributed by atoms with Gasteiger partial charge >= 0.3 is 0 Å². The van der Waals surface area contributed by atoms with Gasteiger partial charge in [-0.2, -0.15) is 5.26 Å². The molecule has 1 N–H and O–H groups in total. The monoisotopic (exact) mass is 295 g/mol. The van der Waals surface area contributed by atoms with E-state index in [-0.39, 0.29) is 5.91 Å². The summed E-state index contributed by atoms with van der Waals surface area (Å²) in [6, 6.07) is 8.93. The van der Waals surface area contributed by atoms with Gasteiger partial charge in [-0.3, -0.25) is 4.79 Å². The van der Waals surface area contributed by atoms with Gasteiger partial charge in [0.1, 0.15) is 17.6 Å². The summed E-state index contributed by atoms with van der Waals surface area (Å²) in [5.74, 6) is -0.501. The smallest absolute Gasteiger partial charge is 0.235 e. The molecule has 1 aromatic carbocycles. The van der Waals surface area contributed by atoms with Crippen molar-refractivity contribution in [2.45, 2.75) is 24.7 Å². The number of halogens is 1. The lowest BCUT2D eigenvalue weighted by Crippen LogP contribution is -2.40. The molecule has 1 amide bonds. The molecule has 1 fully saturated rings. The summed E-state index contributed by atoms with van der Waals surface area (Å²) in [7, 11) is 1.78. The maximum Gasteiger partial charge on any atom is 0.235 e. The number of rotatable bonds is 1. The zero-order chi connectivity index (χ0) is 15.5. The lowest BCUT2D eigenvalue weighted by molar-refractivity contribution is -0.123. The van der Waals surface area contributed by atoms with Crippen molar-refractivity contribution in [2.75, 3.05) is 5.32 Å². The zero-order valence-corrected chi connectivity index (χ0v) is 12.1. The summed E-state index contributed by atoms with van der Waals surface area (Å²) in [5, 5.41) is 11.7. The quantitative estimate of drug-likeness (QED) is 0.879. The Labute approximate surface area is 127 Å². The van der Waals surface area contributed by atoms with Crippen molar-refractivity contribution in [1.82, 2.24) is 4.57 Å². The van der Waals surface area contributed by atoms with Crippen LogP contribution in [-0.2, 0) is 17.3 Å². The number of hydrogen-bond acceptors (Lipinski definition) is 2. The van der Waals surface area contributed by atoms with Gasteiger partial charge in [0, 0.05) is 18.3 Å². The van der Waals surface area contributed by atoms with E-state index < -0.39 is 11.2 Å². The predicted octanol–water partition coefficient (Wildman–Crippen LogP) is 3.08. The molecule has 0 bridgehead atoms. The number of carbonyl (C=O) groups excluding carboxylic acids is 1. The molecular formula is C17H14FN3O. The number of hydrogen-bond donors (Lipinski definition) is 1. The van der Waals surface area contributed by atoms with Gasteiger partial charge in [0.05, 0.1) is 11.1 Å². The molecule has 1 saturated carbocycles. The fourth-order valence-electron chi connectivity index (χ4n) is 3.55. The van der Waals surface area contributed by atoms with E-state index in [1.54, 1.807) is 23.7 Å². The molecule has 2 heterocycles. The van der Waals surface area contributed by atoms with Crippen molar-refractivity contribution in [3.63, 3.8) is 0 Å². The van der Waals surface area contributed by atoms with Crippen molar-refractivity contribution in [3.05, 3.63) is 41.3 Å². The summed E-state index contributed by atoms with van der Waals surface area (Å²) >= 11 is 0. The number of benzene rings is 1. The molecule has 110 valence electrons. The lowest BCUT2D eigenvalue weighted by atomic mass is 9.65. The van der Waals surface area contributed by atoms with Crippen LogP contribution in [0.3, 0.4) is 0 Å². The minimum atomic E-state index is -0.546. The molecular weight excluding hydrogens is 281 g/mol. The number of fused-ring (bicyclic) bond motifs is 2. The van der Waals surface area contributed by atoms with Gasteiger partial charge in [-0.05, 0) is 42.7 Å². The standard InChI is InChI=1S/C17H14FN3O/c1-21-11(9-19)3-4-14(21)10-7-12-15(13(18)8-10)20-16(22)17(12)5-2-6-17/h3-4,7-8H,2,5-6H2,1H3,(H,20,22). The first kappa shape index (κ1) is 13.1. The van der Waals surface area contributed by atoms with Crippen LogP contribution in [0.25, 0.3) is 11.3 Å². The highest BCUT2D eigenvalue weighted by molar-refractivity contribution is 6.07. The van der Waals surface area contributed by atoms with Crippen LogP contribution >= 0.6 is 0 Å². The maximum absolute atomic E-state index is 14.4. The molecule has 0 unspecified atom stereocenters. The lowest BCUT2D eigenvalue weighted by Gasteiger charge is -2.36. The zero-order valence-electron chi connectivity index (χ0n) is 12.1. The summed E-state index contributed by atoms with van der Waals surface area (Å²) < 4.78 is 16.2. The average molecular weight is 295 g/mol. The largest absolute Gasteiger partial charge is 0.335 e. The molecule has 4 nitrogen and oxygen atoms in total. The Morgan fingerprint density at radius 3 is 2.73 bits per heavy atom. The minimum absolute atomic E-state index is 0.0885. The molecule has 2 aliphatic rings. The Hall–Kier alpha value is -2.61. The van der Waals surface area contributed by atoms with Crippen LogP contribution in [0.1, 0.15) is 30.5 Å². The molecule has 1 aliphatic heterocycles. The molecule has 0 saturated heterocycles. The summed E-state index contributed by atoms with van der Waals surface area (Å²) in [6.45, 7) is 0. The fourth-order valence-corrected chi connectivity index (χ4v) is 3.55. The Bertz CT molecular complexity index is 856. The summed E-state index contributed by atoms with van der Waals surface area (Å²) in [4.78, 5) is 12.2. The second kappa shape index (κ2) is 4.20. The highest BCUT2D eigenvalue weighted by Gasteiger charge is 2.52. The van der Waals surface area contributed by atoms with Crippen LogP contribution in [-0.4, -0.2) is 10.5 Å². The Kier molecular flexibility index (Phi) is 2.50. The molecule has 22 heavy (non-hydrogen) atoms. The van der Waals surface area contributed by atoms with Crippen molar-refractivity contribution < 1.29 is 9.18 Å². The van der Waals surface area contributed by atoms with E-state index in [4.69, 9.17) is 5.26 Å². The van der Waals surface area contributed by atoms with Crippen molar-refractivity contribution in [1.29, 1.82) is 5.26 Å². The SMILES string of the molecule is Cn1c(C#N)ccc1-c1cc(F)c2c(c1)C1(CCC1)C(=O)N2. The molecule has 0 radical (unpaired) electrons. The number of anilines is 1. The van der Waals surface area contributed by atoms with Gasteiger partial charge in [0.15, 0.2) is 0 Å². The second-order valence-corrected chi connectivity index (χ2v) is 6.05. The van der Waals surface area contributed by atoms with E-state index in [9.17, 15) is 9.18 Å². The molecule has 0 atom stereocenters. The van der Waals surface area contributed by atoms with Gasteiger partial charge in [-0.25, -0.2) is 4.39 Å². The van der Waals surface area contributed by atoms with Crippen molar-refractivity contribution in [3.8, 4) is 17.3 Å². The first-order valence-electron chi connectivity index (χ1n) is 7.28. The van der Waals surface area contributed by atoms with Gasteiger partial charge in [0.2, 0.25) is 5.91 Å². The molecule has 4 rings (SSSR count). The fraction of sp³-hybridized carbons (Fsp3) is 0.294. The third kappa shape index (κ3) is 1.47.